The molecule has 0 spiro atoms. The lowest BCUT2D eigenvalue weighted by molar-refractivity contribution is -0.128. The third-order valence-corrected chi connectivity index (χ3v) is 1.87. The topological polar surface area (TPSA) is 49.3 Å². The molecule has 0 unspecified atom stereocenters. The van der Waals surface area contributed by atoms with Crippen LogP contribution in [0.15, 0.2) is 28.7 Å². The summed E-state index contributed by atoms with van der Waals surface area (Å²) >= 11 is 3.28. The minimum Gasteiger partial charge on any atom is -0.289 e. The molecule has 0 aromatic heterocycles. The van der Waals surface area contributed by atoms with Crippen molar-refractivity contribution in [2.45, 2.75) is 6.42 Å². The first kappa shape index (κ1) is 9.22. The summed E-state index contributed by atoms with van der Waals surface area (Å²) in [5, 5.41) is 8.25. The van der Waals surface area contributed by atoms with Gasteiger partial charge in [0.15, 0.2) is 0 Å². The van der Waals surface area contributed by atoms with E-state index in [0.717, 1.165) is 10.0 Å². The molecule has 0 aliphatic heterocycles. The average Bonchev–Trinajstić information content (AvgIpc) is 2.04. The van der Waals surface area contributed by atoms with Crippen LogP contribution in [0.3, 0.4) is 0 Å². The zero-order valence-electron chi connectivity index (χ0n) is 6.25. The monoisotopic (exact) mass is 229 g/mol. The van der Waals surface area contributed by atoms with Crippen LogP contribution in [-0.2, 0) is 11.2 Å². The Kier molecular flexibility index (Phi) is 3.25. The summed E-state index contributed by atoms with van der Waals surface area (Å²) in [6.45, 7) is 0. The number of carbonyl (C=O) groups excluding carboxylic acids is 1. The number of nitrogens with one attached hydrogen (secondary N) is 1. The molecule has 1 amide bonds. The summed E-state index contributed by atoms with van der Waals surface area (Å²) in [6, 6.07) is 7.36. The number of hydrogen-bond donors (Lipinski definition) is 2. The van der Waals surface area contributed by atoms with Gasteiger partial charge in [0.05, 0.1) is 6.42 Å². The third-order valence-electron chi connectivity index (χ3n) is 1.38. The van der Waals surface area contributed by atoms with Crippen molar-refractivity contribution < 1.29 is 10.0 Å². The Morgan fingerprint density at radius 2 is 2.33 bits per heavy atom. The Balaban J connectivity index is 2.69. The SMILES string of the molecule is O=C(Cc1cccc(Br)c1)NO. The predicted molar refractivity (Wildman–Crippen MR) is 47.8 cm³/mol. The maximum absolute atomic E-state index is 10.7. The van der Waals surface area contributed by atoms with Crippen LogP contribution in [0.2, 0.25) is 0 Å². The fourth-order valence-corrected chi connectivity index (χ4v) is 1.32. The largest absolute Gasteiger partial charge is 0.289 e. The maximum atomic E-state index is 10.7. The zero-order valence-corrected chi connectivity index (χ0v) is 7.84. The Labute approximate surface area is 78.5 Å². The van der Waals surface area contributed by atoms with Gasteiger partial charge in [-0.05, 0) is 17.7 Å². The van der Waals surface area contributed by atoms with Crippen LogP contribution < -0.4 is 5.48 Å². The quantitative estimate of drug-likeness (QED) is 0.597. The van der Waals surface area contributed by atoms with Gasteiger partial charge in [-0.25, -0.2) is 5.48 Å². The zero-order chi connectivity index (χ0) is 8.97. The van der Waals surface area contributed by atoms with E-state index in [0.29, 0.717) is 0 Å². The molecule has 2 N–H and O–H groups in total. The van der Waals surface area contributed by atoms with E-state index < -0.39 is 5.91 Å². The second-order valence-electron chi connectivity index (χ2n) is 2.34. The van der Waals surface area contributed by atoms with Crippen molar-refractivity contribution in [2.75, 3.05) is 0 Å². The number of hydroxylamine groups is 1. The van der Waals surface area contributed by atoms with E-state index in [4.69, 9.17) is 5.21 Å². The molecule has 0 atom stereocenters. The van der Waals surface area contributed by atoms with Gasteiger partial charge in [0.1, 0.15) is 0 Å². The number of rotatable bonds is 2. The van der Waals surface area contributed by atoms with Gasteiger partial charge in [0.25, 0.3) is 0 Å². The van der Waals surface area contributed by atoms with Crippen LogP contribution in [0.4, 0.5) is 0 Å². The lowest BCUT2D eigenvalue weighted by Gasteiger charge is -1.99. The molecule has 0 saturated heterocycles. The minimum atomic E-state index is -0.409. The van der Waals surface area contributed by atoms with Gasteiger partial charge >= 0.3 is 0 Å². The molecular formula is C8H8BrNO2. The van der Waals surface area contributed by atoms with Gasteiger partial charge in [-0.3, -0.25) is 10.0 Å². The molecule has 0 radical (unpaired) electrons. The van der Waals surface area contributed by atoms with Crippen LogP contribution in [0.1, 0.15) is 5.56 Å². The Morgan fingerprint density at radius 1 is 1.58 bits per heavy atom. The summed E-state index contributed by atoms with van der Waals surface area (Å²) in [5.41, 5.74) is 2.44. The summed E-state index contributed by atoms with van der Waals surface area (Å²) in [6.07, 6.45) is 0.190. The number of benzene rings is 1. The first-order valence-electron chi connectivity index (χ1n) is 3.40. The molecule has 0 aliphatic carbocycles. The summed E-state index contributed by atoms with van der Waals surface area (Å²) in [5.74, 6) is -0.409. The molecule has 64 valence electrons. The fourth-order valence-electron chi connectivity index (χ4n) is 0.872. The van der Waals surface area contributed by atoms with Crippen molar-refractivity contribution >= 4 is 21.8 Å². The van der Waals surface area contributed by atoms with Crippen molar-refractivity contribution in [1.29, 1.82) is 0 Å². The van der Waals surface area contributed by atoms with Gasteiger partial charge in [0, 0.05) is 4.47 Å². The Bertz CT molecular complexity index is 288. The Hall–Kier alpha value is -0.870. The molecule has 0 aliphatic rings. The van der Waals surface area contributed by atoms with Crippen molar-refractivity contribution in [3.8, 4) is 0 Å². The van der Waals surface area contributed by atoms with Gasteiger partial charge in [-0.1, -0.05) is 28.1 Å². The molecule has 1 aromatic carbocycles. The lowest BCUT2D eigenvalue weighted by atomic mass is 10.1. The molecule has 4 heteroatoms. The standard InChI is InChI=1S/C8H8BrNO2/c9-7-3-1-2-6(4-7)5-8(11)10-12/h1-4,12H,5H2,(H,10,11). The number of halogens is 1. The molecule has 0 saturated carbocycles. The normalized spacial score (nSPS) is 9.50. The fraction of sp³-hybridized carbons (Fsp3) is 0.125. The molecule has 0 heterocycles. The van der Waals surface area contributed by atoms with E-state index in [1.807, 2.05) is 24.3 Å². The van der Waals surface area contributed by atoms with Gasteiger partial charge in [-0.15, -0.1) is 0 Å². The number of carbonyl (C=O) groups is 1. The minimum absolute atomic E-state index is 0.190. The summed E-state index contributed by atoms with van der Waals surface area (Å²) < 4.78 is 0.922. The van der Waals surface area contributed by atoms with E-state index in [9.17, 15) is 4.79 Å². The van der Waals surface area contributed by atoms with E-state index in [1.165, 1.54) is 0 Å². The average molecular weight is 230 g/mol. The highest BCUT2D eigenvalue weighted by molar-refractivity contribution is 9.10. The maximum Gasteiger partial charge on any atom is 0.247 e. The van der Waals surface area contributed by atoms with E-state index in [1.54, 1.807) is 5.48 Å². The molecule has 12 heavy (non-hydrogen) atoms. The second kappa shape index (κ2) is 4.23. The lowest BCUT2D eigenvalue weighted by Crippen LogP contribution is -2.20. The Morgan fingerprint density at radius 3 is 2.92 bits per heavy atom. The van der Waals surface area contributed by atoms with E-state index in [-0.39, 0.29) is 6.42 Å². The first-order valence-corrected chi connectivity index (χ1v) is 4.19. The highest BCUT2D eigenvalue weighted by Gasteiger charge is 2.00. The van der Waals surface area contributed by atoms with Crippen LogP contribution >= 0.6 is 15.9 Å². The highest BCUT2D eigenvalue weighted by atomic mass is 79.9. The molecule has 0 bridgehead atoms. The highest BCUT2D eigenvalue weighted by Crippen LogP contribution is 2.11. The van der Waals surface area contributed by atoms with Crippen molar-refractivity contribution in [1.82, 2.24) is 5.48 Å². The summed E-state index contributed by atoms with van der Waals surface area (Å²) in [4.78, 5) is 10.7. The van der Waals surface area contributed by atoms with Crippen molar-refractivity contribution in [3.05, 3.63) is 34.3 Å². The molecule has 1 rings (SSSR count). The number of hydrogen-bond acceptors (Lipinski definition) is 2. The van der Waals surface area contributed by atoms with Crippen LogP contribution in [-0.4, -0.2) is 11.1 Å². The molecule has 0 fully saturated rings. The van der Waals surface area contributed by atoms with Gasteiger partial charge < -0.3 is 0 Å². The molecular weight excluding hydrogens is 222 g/mol. The van der Waals surface area contributed by atoms with Crippen LogP contribution in [0, 0.1) is 0 Å². The summed E-state index contributed by atoms with van der Waals surface area (Å²) in [7, 11) is 0. The van der Waals surface area contributed by atoms with E-state index >= 15 is 0 Å². The van der Waals surface area contributed by atoms with Gasteiger partial charge in [-0.2, -0.15) is 0 Å². The van der Waals surface area contributed by atoms with E-state index in [2.05, 4.69) is 15.9 Å². The van der Waals surface area contributed by atoms with Crippen LogP contribution in [0.5, 0.6) is 0 Å². The molecule has 1 aromatic rings. The first-order chi connectivity index (χ1) is 5.72. The van der Waals surface area contributed by atoms with Crippen molar-refractivity contribution in [2.24, 2.45) is 0 Å². The van der Waals surface area contributed by atoms with Gasteiger partial charge in [0.2, 0.25) is 5.91 Å². The predicted octanol–water partition coefficient (Wildman–Crippen LogP) is 1.50. The number of amides is 1. The van der Waals surface area contributed by atoms with Crippen molar-refractivity contribution in [3.63, 3.8) is 0 Å². The molecule has 3 nitrogen and oxygen atoms in total. The second-order valence-corrected chi connectivity index (χ2v) is 3.26. The third kappa shape index (κ3) is 2.64. The smallest absolute Gasteiger partial charge is 0.247 e. The van der Waals surface area contributed by atoms with Crippen LogP contribution in [0.25, 0.3) is 0 Å².